The van der Waals surface area contributed by atoms with Gasteiger partial charge in [0.25, 0.3) is 0 Å². The zero-order valence-corrected chi connectivity index (χ0v) is 19.0. The van der Waals surface area contributed by atoms with E-state index in [4.69, 9.17) is 21.7 Å². The summed E-state index contributed by atoms with van der Waals surface area (Å²) in [6.07, 6.45) is 0. The number of H-pyrrole nitrogens is 1. The van der Waals surface area contributed by atoms with Crippen molar-refractivity contribution in [1.82, 2.24) is 14.9 Å². The lowest BCUT2D eigenvalue weighted by Crippen LogP contribution is -2.16. The van der Waals surface area contributed by atoms with E-state index in [2.05, 4.69) is 40.7 Å². The fraction of sp³-hybridized carbons (Fsp3) is 0.200. The third-order valence-corrected chi connectivity index (χ3v) is 5.20. The topological polar surface area (TPSA) is 64.1 Å². The number of nitrogens with zero attached hydrogens (tertiary/aromatic N) is 2. The summed E-state index contributed by atoms with van der Waals surface area (Å²) in [5, 5.41) is 7.21. The van der Waals surface area contributed by atoms with Crippen molar-refractivity contribution in [3.63, 3.8) is 0 Å². The molecule has 7 heteroatoms. The SMILES string of the molecule is CCOc1cc(CNn2c(-c3ccccc3)n[nH]c2=S)ccc1OCc1cccc(C)c1. The first-order valence-electron chi connectivity index (χ1n) is 10.5. The Morgan fingerprint density at radius 1 is 0.938 bits per heavy atom. The van der Waals surface area contributed by atoms with Gasteiger partial charge in [-0.25, -0.2) is 9.77 Å². The Hall–Kier alpha value is -3.58. The predicted molar refractivity (Wildman–Crippen MR) is 129 cm³/mol. The van der Waals surface area contributed by atoms with Gasteiger partial charge in [0.1, 0.15) is 6.61 Å². The van der Waals surface area contributed by atoms with Crippen molar-refractivity contribution in [2.75, 3.05) is 12.0 Å². The molecule has 0 aliphatic carbocycles. The number of aryl methyl sites for hydroxylation is 1. The number of rotatable bonds is 9. The highest BCUT2D eigenvalue weighted by molar-refractivity contribution is 7.71. The summed E-state index contributed by atoms with van der Waals surface area (Å²) in [5.74, 6) is 2.18. The van der Waals surface area contributed by atoms with E-state index in [1.54, 1.807) is 4.68 Å². The number of hydrogen-bond donors (Lipinski definition) is 2. The van der Waals surface area contributed by atoms with E-state index >= 15 is 0 Å². The van der Waals surface area contributed by atoms with Crippen LogP contribution < -0.4 is 14.9 Å². The average molecular weight is 447 g/mol. The lowest BCUT2D eigenvalue weighted by Gasteiger charge is -2.15. The summed E-state index contributed by atoms with van der Waals surface area (Å²) in [5.41, 5.74) is 7.71. The van der Waals surface area contributed by atoms with Crippen LogP contribution in [-0.4, -0.2) is 21.5 Å². The van der Waals surface area contributed by atoms with Crippen LogP contribution in [0.3, 0.4) is 0 Å². The molecule has 0 fully saturated rings. The van der Waals surface area contributed by atoms with Gasteiger partial charge in [-0.05, 0) is 49.3 Å². The van der Waals surface area contributed by atoms with Gasteiger partial charge in [-0.15, -0.1) is 0 Å². The molecule has 32 heavy (non-hydrogen) atoms. The molecule has 4 rings (SSSR count). The standard InChI is InChI=1S/C25H26N4O2S/c1-3-30-23-15-19(12-13-22(23)31-17-20-9-7-8-18(2)14-20)16-26-29-24(27-28-25(29)32)21-10-5-4-6-11-21/h4-15,26H,3,16-17H2,1-2H3,(H,28,32). The maximum absolute atomic E-state index is 6.05. The number of aromatic nitrogens is 3. The highest BCUT2D eigenvalue weighted by Gasteiger charge is 2.10. The Labute approximate surface area is 192 Å². The van der Waals surface area contributed by atoms with Gasteiger partial charge in [0, 0.05) is 5.56 Å². The van der Waals surface area contributed by atoms with Crippen LogP contribution in [0, 0.1) is 11.7 Å². The van der Waals surface area contributed by atoms with Crippen molar-refractivity contribution in [3.05, 3.63) is 94.3 Å². The summed E-state index contributed by atoms with van der Waals surface area (Å²) in [6, 6.07) is 24.2. The fourth-order valence-corrected chi connectivity index (χ4v) is 3.60. The second kappa shape index (κ2) is 10.2. The molecule has 6 nitrogen and oxygen atoms in total. The van der Waals surface area contributed by atoms with Crippen LogP contribution in [0.25, 0.3) is 11.4 Å². The van der Waals surface area contributed by atoms with Gasteiger partial charge in [0.15, 0.2) is 17.3 Å². The van der Waals surface area contributed by atoms with Crippen LogP contribution in [0.15, 0.2) is 72.8 Å². The minimum Gasteiger partial charge on any atom is -0.490 e. The molecule has 0 radical (unpaired) electrons. The molecule has 0 unspecified atom stereocenters. The molecule has 3 aromatic carbocycles. The van der Waals surface area contributed by atoms with Crippen LogP contribution in [0.1, 0.15) is 23.6 Å². The first-order chi connectivity index (χ1) is 15.6. The summed E-state index contributed by atoms with van der Waals surface area (Å²) in [4.78, 5) is 0. The Kier molecular flexibility index (Phi) is 6.87. The first-order valence-corrected chi connectivity index (χ1v) is 11.0. The summed E-state index contributed by atoms with van der Waals surface area (Å²) < 4.78 is 14.2. The van der Waals surface area contributed by atoms with E-state index in [1.807, 2.05) is 61.5 Å². The van der Waals surface area contributed by atoms with Crippen LogP contribution in [-0.2, 0) is 13.2 Å². The molecular formula is C25H26N4O2S. The molecule has 0 saturated heterocycles. The first kappa shape index (κ1) is 21.6. The van der Waals surface area contributed by atoms with Crippen LogP contribution in [0.2, 0.25) is 0 Å². The van der Waals surface area contributed by atoms with Crippen molar-refractivity contribution in [2.24, 2.45) is 0 Å². The van der Waals surface area contributed by atoms with E-state index < -0.39 is 0 Å². The monoisotopic (exact) mass is 446 g/mol. The lowest BCUT2D eigenvalue weighted by molar-refractivity contribution is 0.269. The maximum Gasteiger partial charge on any atom is 0.214 e. The molecule has 1 heterocycles. The fourth-order valence-electron chi connectivity index (χ4n) is 3.41. The summed E-state index contributed by atoms with van der Waals surface area (Å²) >= 11 is 5.40. The third kappa shape index (κ3) is 5.18. The minimum absolute atomic E-state index is 0.490. The number of benzene rings is 3. The Bertz CT molecular complexity index is 1230. The van der Waals surface area contributed by atoms with Crippen molar-refractivity contribution in [3.8, 4) is 22.9 Å². The molecule has 4 aromatic rings. The Morgan fingerprint density at radius 2 is 1.78 bits per heavy atom. The molecule has 0 aliphatic heterocycles. The van der Waals surface area contributed by atoms with Gasteiger partial charge in [-0.1, -0.05) is 66.2 Å². The van der Waals surface area contributed by atoms with E-state index in [1.165, 1.54) is 5.56 Å². The smallest absolute Gasteiger partial charge is 0.214 e. The highest BCUT2D eigenvalue weighted by Crippen LogP contribution is 2.29. The molecule has 0 aliphatic rings. The van der Waals surface area contributed by atoms with Crippen molar-refractivity contribution in [2.45, 2.75) is 27.0 Å². The van der Waals surface area contributed by atoms with E-state index in [-0.39, 0.29) is 0 Å². The number of aromatic amines is 1. The Balaban J connectivity index is 1.49. The van der Waals surface area contributed by atoms with Crippen LogP contribution >= 0.6 is 12.2 Å². The molecule has 0 atom stereocenters. The molecule has 2 N–H and O–H groups in total. The van der Waals surface area contributed by atoms with E-state index in [9.17, 15) is 0 Å². The molecule has 1 aromatic heterocycles. The van der Waals surface area contributed by atoms with Gasteiger partial charge in [0.05, 0.1) is 13.2 Å². The molecule has 0 amide bonds. The van der Waals surface area contributed by atoms with Crippen molar-refractivity contribution >= 4 is 12.2 Å². The largest absolute Gasteiger partial charge is 0.490 e. The predicted octanol–water partition coefficient (Wildman–Crippen LogP) is 5.64. The molecule has 0 bridgehead atoms. The van der Waals surface area contributed by atoms with Gasteiger partial charge >= 0.3 is 0 Å². The molecule has 0 spiro atoms. The Morgan fingerprint density at radius 3 is 2.56 bits per heavy atom. The van der Waals surface area contributed by atoms with Crippen molar-refractivity contribution in [1.29, 1.82) is 0 Å². The van der Waals surface area contributed by atoms with Crippen LogP contribution in [0.4, 0.5) is 0 Å². The zero-order chi connectivity index (χ0) is 22.3. The number of hydrogen-bond acceptors (Lipinski definition) is 5. The number of nitrogens with one attached hydrogen (secondary N) is 2. The second-order valence-electron chi connectivity index (χ2n) is 7.38. The minimum atomic E-state index is 0.490. The van der Waals surface area contributed by atoms with Gasteiger partial charge in [0.2, 0.25) is 4.77 Å². The third-order valence-electron chi connectivity index (χ3n) is 4.93. The molecule has 0 saturated carbocycles. The average Bonchev–Trinajstić information content (AvgIpc) is 3.18. The normalized spacial score (nSPS) is 10.7. The van der Waals surface area contributed by atoms with Crippen LogP contribution in [0.5, 0.6) is 11.5 Å². The summed E-state index contributed by atoms with van der Waals surface area (Å²) in [6.45, 7) is 5.64. The highest BCUT2D eigenvalue weighted by atomic mass is 32.1. The number of ether oxygens (including phenoxy) is 2. The van der Waals surface area contributed by atoms with Gasteiger partial charge in [-0.2, -0.15) is 5.10 Å². The lowest BCUT2D eigenvalue weighted by atomic mass is 10.1. The quantitative estimate of drug-likeness (QED) is 0.326. The second-order valence-corrected chi connectivity index (χ2v) is 7.77. The van der Waals surface area contributed by atoms with Crippen molar-refractivity contribution < 1.29 is 9.47 Å². The van der Waals surface area contributed by atoms with E-state index in [0.29, 0.717) is 24.5 Å². The summed E-state index contributed by atoms with van der Waals surface area (Å²) in [7, 11) is 0. The van der Waals surface area contributed by atoms with Gasteiger partial charge < -0.3 is 14.9 Å². The zero-order valence-electron chi connectivity index (χ0n) is 18.2. The van der Waals surface area contributed by atoms with E-state index in [0.717, 1.165) is 34.0 Å². The maximum atomic E-state index is 6.05. The van der Waals surface area contributed by atoms with Gasteiger partial charge in [-0.3, -0.25) is 0 Å². The molecular weight excluding hydrogens is 420 g/mol. The molecule has 164 valence electrons.